The molecule has 0 spiro atoms. The van der Waals surface area contributed by atoms with Crippen molar-refractivity contribution in [1.82, 2.24) is 29.2 Å². The summed E-state index contributed by atoms with van der Waals surface area (Å²) < 4.78 is 19.2. The van der Waals surface area contributed by atoms with Crippen LogP contribution in [0.3, 0.4) is 0 Å². The highest BCUT2D eigenvalue weighted by molar-refractivity contribution is 6.31. The molecule has 0 aliphatic carbocycles. The number of aryl methyl sites for hydroxylation is 1. The van der Waals surface area contributed by atoms with Gasteiger partial charge in [-0.05, 0) is 50.2 Å². The lowest BCUT2D eigenvalue weighted by molar-refractivity contribution is -0.00628. The van der Waals surface area contributed by atoms with Gasteiger partial charge in [-0.3, -0.25) is 18.6 Å². The second-order valence-electron chi connectivity index (χ2n) is 8.26. The molecule has 166 valence electrons. The van der Waals surface area contributed by atoms with Crippen molar-refractivity contribution < 1.29 is 9.50 Å². The second kappa shape index (κ2) is 7.84. The van der Waals surface area contributed by atoms with Gasteiger partial charge in [-0.2, -0.15) is 5.10 Å². The molecule has 0 amide bonds. The minimum atomic E-state index is -0.952. The molecule has 2 N–H and O–H groups in total. The van der Waals surface area contributed by atoms with Crippen molar-refractivity contribution in [3.8, 4) is 16.8 Å². The third-order valence-corrected chi connectivity index (χ3v) is 6.24. The van der Waals surface area contributed by atoms with Gasteiger partial charge < -0.3 is 10.4 Å². The zero-order valence-corrected chi connectivity index (χ0v) is 18.2. The summed E-state index contributed by atoms with van der Waals surface area (Å²) >= 11 is 6.49. The van der Waals surface area contributed by atoms with Crippen molar-refractivity contribution in [3.05, 3.63) is 64.3 Å². The molecule has 5 rings (SSSR count). The van der Waals surface area contributed by atoms with E-state index in [9.17, 15) is 14.3 Å². The summed E-state index contributed by atoms with van der Waals surface area (Å²) in [5.74, 6) is -0.389. The van der Waals surface area contributed by atoms with E-state index in [-0.39, 0.29) is 23.1 Å². The Balaban J connectivity index is 1.58. The van der Waals surface area contributed by atoms with Crippen LogP contribution in [0.15, 0.2) is 47.8 Å². The first-order valence-corrected chi connectivity index (χ1v) is 10.7. The highest BCUT2D eigenvalue weighted by atomic mass is 35.5. The van der Waals surface area contributed by atoms with Crippen LogP contribution in [0, 0.1) is 5.82 Å². The molecule has 4 heterocycles. The minimum absolute atomic E-state index is 0.168. The number of hydrogen-bond acceptors (Lipinski definition) is 5. The van der Waals surface area contributed by atoms with Gasteiger partial charge >= 0.3 is 0 Å². The molecule has 0 bridgehead atoms. The van der Waals surface area contributed by atoms with E-state index >= 15 is 0 Å². The van der Waals surface area contributed by atoms with Gasteiger partial charge in [0.15, 0.2) is 5.65 Å². The first-order chi connectivity index (χ1) is 15.3. The van der Waals surface area contributed by atoms with Crippen LogP contribution in [0.5, 0.6) is 0 Å². The third-order valence-electron chi connectivity index (χ3n) is 5.96. The Morgan fingerprint density at radius 1 is 1.28 bits per heavy atom. The number of aromatic nitrogens is 5. The number of rotatable bonds is 4. The number of nitrogens with zero attached hydrogens (tertiary/aromatic N) is 5. The van der Waals surface area contributed by atoms with Crippen LogP contribution in [0.25, 0.3) is 27.8 Å². The number of hydrogen-bond donors (Lipinski definition) is 2. The van der Waals surface area contributed by atoms with Gasteiger partial charge in [-0.25, -0.2) is 9.37 Å². The fourth-order valence-electron chi connectivity index (χ4n) is 4.25. The van der Waals surface area contributed by atoms with E-state index in [1.54, 1.807) is 46.9 Å². The molecule has 0 atom stereocenters. The normalized spacial score (nSPS) is 16.0. The molecule has 0 unspecified atom stereocenters. The van der Waals surface area contributed by atoms with Crippen molar-refractivity contribution in [3.63, 3.8) is 0 Å². The summed E-state index contributed by atoms with van der Waals surface area (Å²) in [4.78, 5) is 17.6. The Kier molecular flexibility index (Phi) is 5.11. The third kappa shape index (κ3) is 3.62. The van der Waals surface area contributed by atoms with Crippen LogP contribution >= 0.6 is 11.6 Å². The quantitative estimate of drug-likeness (QED) is 0.492. The topological polar surface area (TPSA) is 89.9 Å². The number of piperidine rings is 1. The Morgan fingerprint density at radius 3 is 2.78 bits per heavy atom. The van der Waals surface area contributed by atoms with Gasteiger partial charge in [-0.15, -0.1) is 0 Å². The van der Waals surface area contributed by atoms with Gasteiger partial charge in [-0.1, -0.05) is 11.6 Å². The maximum Gasteiger partial charge on any atom is 0.262 e. The molecule has 1 aromatic carbocycles. The molecule has 1 aliphatic heterocycles. The number of benzene rings is 1. The fourth-order valence-corrected chi connectivity index (χ4v) is 4.53. The summed E-state index contributed by atoms with van der Waals surface area (Å²) in [7, 11) is 1.76. The lowest BCUT2D eigenvalue weighted by atomic mass is 9.92. The molecule has 1 aliphatic rings. The van der Waals surface area contributed by atoms with Crippen LogP contribution < -0.4 is 10.9 Å². The average Bonchev–Trinajstić information content (AvgIpc) is 3.34. The molecule has 0 radical (unpaired) electrons. The van der Waals surface area contributed by atoms with Crippen LogP contribution in [-0.2, 0) is 13.6 Å². The monoisotopic (exact) mass is 456 g/mol. The van der Waals surface area contributed by atoms with Crippen molar-refractivity contribution >= 4 is 22.6 Å². The molecule has 4 aromatic rings. The number of fused-ring (bicyclic) bond motifs is 1. The van der Waals surface area contributed by atoms with Gasteiger partial charge in [0.05, 0.1) is 23.7 Å². The van der Waals surface area contributed by atoms with E-state index in [4.69, 9.17) is 11.6 Å². The van der Waals surface area contributed by atoms with E-state index in [0.29, 0.717) is 53.8 Å². The van der Waals surface area contributed by atoms with Gasteiger partial charge in [0, 0.05) is 30.1 Å². The zero-order chi connectivity index (χ0) is 22.5. The number of aliphatic hydroxyl groups is 1. The maximum atomic E-state index is 14.5. The predicted molar refractivity (Wildman–Crippen MR) is 120 cm³/mol. The highest BCUT2D eigenvalue weighted by Crippen LogP contribution is 2.30. The smallest absolute Gasteiger partial charge is 0.262 e. The van der Waals surface area contributed by atoms with Crippen LogP contribution in [0.4, 0.5) is 4.39 Å². The second-order valence-corrected chi connectivity index (χ2v) is 8.65. The van der Waals surface area contributed by atoms with Crippen molar-refractivity contribution in [2.24, 2.45) is 7.05 Å². The summed E-state index contributed by atoms with van der Waals surface area (Å²) in [5.41, 5.74) is 0.716. The first kappa shape index (κ1) is 20.9. The van der Waals surface area contributed by atoms with E-state index < -0.39 is 5.60 Å². The van der Waals surface area contributed by atoms with E-state index in [1.165, 1.54) is 17.0 Å². The zero-order valence-electron chi connectivity index (χ0n) is 17.4. The molecule has 10 heteroatoms. The highest BCUT2D eigenvalue weighted by Gasteiger charge is 2.30. The Bertz CT molecular complexity index is 1370. The standard InChI is InChI=1S/C22H22ClFN6O2/c1-28-11-14(10-27-28)16-8-15(2-3-18(16)24)30-19(23)9-17-20(30)26-13-29(21(17)31)12-22(32)4-6-25-7-5-22/h2-3,8-11,13,25,32H,4-7,12H2,1H3. The van der Waals surface area contributed by atoms with Crippen molar-refractivity contribution in [2.45, 2.75) is 25.0 Å². The van der Waals surface area contributed by atoms with E-state index in [2.05, 4.69) is 15.4 Å². The molecular formula is C22H22ClFN6O2. The SMILES string of the molecule is Cn1cc(-c2cc(-n3c(Cl)cc4c(=O)n(CC5(O)CCNCC5)cnc43)ccc2F)cn1. The molecule has 8 nitrogen and oxygen atoms in total. The summed E-state index contributed by atoms with van der Waals surface area (Å²) in [6, 6.07) is 6.16. The van der Waals surface area contributed by atoms with Crippen LogP contribution in [0.1, 0.15) is 12.8 Å². The number of nitrogens with one attached hydrogen (secondary N) is 1. The Hall–Kier alpha value is -3.01. The van der Waals surface area contributed by atoms with Gasteiger partial charge in [0.25, 0.3) is 5.56 Å². The van der Waals surface area contributed by atoms with Crippen molar-refractivity contribution in [2.75, 3.05) is 13.1 Å². The lowest BCUT2D eigenvalue weighted by Gasteiger charge is -2.32. The minimum Gasteiger partial charge on any atom is -0.388 e. The largest absolute Gasteiger partial charge is 0.388 e. The Morgan fingerprint density at radius 2 is 2.06 bits per heavy atom. The average molecular weight is 457 g/mol. The van der Waals surface area contributed by atoms with Crippen LogP contribution in [-0.4, -0.2) is 47.7 Å². The van der Waals surface area contributed by atoms with Crippen molar-refractivity contribution in [1.29, 1.82) is 0 Å². The van der Waals surface area contributed by atoms with Gasteiger partial charge in [0.2, 0.25) is 0 Å². The van der Waals surface area contributed by atoms with E-state index in [1.807, 2.05) is 0 Å². The molecule has 32 heavy (non-hydrogen) atoms. The molecule has 3 aromatic heterocycles. The summed E-state index contributed by atoms with van der Waals surface area (Å²) in [5, 5.41) is 18.8. The lowest BCUT2D eigenvalue weighted by Crippen LogP contribution is -2.46. The molecule has 1 saturated heterocycles. The molecular weight excluding hydrogens is 435 g/mol. The maximum absolute atomic E-state index is 14.5. The van der Waals surface area contributed by atoms with Crippen LogP contribution in [0.2, 0.25) is 5.15 Å². The van der Waals surface area contributed by atoms with Gasteiger partial charge in [0.1, 0.15) is 17.3 Å². The van der Waals surface area contributed by atoms with E-state index in [0.717, 1.165) is 0 Å². The first-order valence-electron chi connectivity index (χ1n) is 10.3. The Labute approximate surface area is 187 Å². The molecule has 1 fully saturated rings. The summed E-state index contributed by atoms with van der Waals surface area (Å²) in [6.45, 7) is 1.57. The fraction of sp³-hybridized carbons (Fsp3) is 0.318. The number of halogens is 2. The molecule has 0 saturated carbocycles. The predicted octanol–water partition coefficient (Wildman–Crippen LogP) is 2.49. The summed E-state index contributed by atoms with van der Waals surface area (Å²) in [6.07, 6.45) is 5.86.